The van der Waals surface area contributed by atoms with Gasteiger partial charge in [0.1, 0.15) is 0 Å². The molecule has 1 aromatic heterocycles. The lowest BCUT2D eigenvalue weighted by molar-refractivity contribution is -0.127. The summed E-state index contributed by atoms with van der Waals surface area (Å²) in [4.78, 5) is 13.9. The maximum absolute atomic E-state index is 10.3. The van der Waals surface area contributed by atoms with Gasteiger partial charge in [0.25, 0.3) is 5.91 Å². The molecule has 1 atom stereocenters. The summed E-state index contributed by atoms with van der Waals surface area (Å²) >= 11 is 1.12. The van der Waals surface area contributed by atoms with Gasteiger partial charge in [0.05, 0.1) is 5.69 Å². The summed E-state index contributed by atoms with van der Waals surface area (Å²) in [7, 11) is 0. The second-order valence-electron chi connectivity index (χ2n) is 1.88. The SMILES string of the molecule is [NH]C(=O)C(O)c1csc(N)n1. The van der Waals surface area contributed by atoms with E-state index in [-0.39, 0.29) is 10.8 Å². The number of rotatable bonds is 2. The Kier molecular flexibility index (Phi) is 2.06. The zero-order valence-corrected chi connectivity index (χ0v) is 6.26. The maximum Gasteiger partial charge on any atom is 0.273 e. The Morgan fingerprint density at radius 2 is 2.55 bits per heavy atom. The summed E-state index contributed by atoms with van der Waals surface area (Å²) in [5.41, 5.74) is 12.0. The lowest BCUT2D eigenvalue weighted by atomic mass is 10.3. The van der Waals surface area contributed by atoms with Crippen molar-refractivity contribution in [2.75, 3.05) is 5.73 Å². The highest BCUT2D eigenvalue weighted by Gasteiger charge is 2.16. The average molecular weight is 172 g/mol. The van der Waals surface area contributed by atoms with Gasteiger partial charge in [-0.25, -0.2) is 4.98 Å². The third-order valence-electron chi connectivity index (χ3n) is 1.07. The monoisotopic (exact) mass is 172 g/mol. The lowest BCUT2D eigenvalue weighted by Crippen LogP contribution is -2.12. The zero-order chi connectivity index (χ0) is 8.43. The van der Waals surface area contributed by atoms with Gasteiger partial charge in [-0.05, 0) is 0 Å². The Hall–Kier alpha value is -1.14. The average Bonchev–Trinajstić information content (AvgIpc) is 2.34. The second kappa shape index (κ2) is 2.85. The molecule has 6 heteroatoms. The minimum atomic E-state index is -1.46. The van der Waals surface area contributed by atoms with Crippen LogP contribution in [0.1, 0.15) is 11.8 Å². The Bertz CT molecular complexity index is 272. The van der Waals surface area contributed by atoms with Crippen LogP contribution in [-0.2, 0) is 4.79 Å². The van der Waals surface area contributed by atoms with Gasteiger partial charge in [-0.1, -0.05) is 0 Å². The smallest absolute Gasteiger partial charge is 0.273 e. The molecule has 0 aromatic carbocycles. The fourth-order valence-corrected chi connectivity index (χ4v) is 1.14. The van der Waals surface area contributed by atoms with Crippen molar-refractivity contribution in [3.63, 3.8) is 0 Å². The lowest BCUT2D eigenvalue weighted by Gasteiger charge is -1.98. The van der Waals surface area contributed by atoms with E-state index in [1.165, 1.54) is 5.38 Å². The van der Waals surface area contributed by atoms with E-state index in [1.807, 2.05) is 0 Å². The molecule has 5 nitrogen and oxygen atoms in total. The van der Waals surface area contributed by atoms with E-state index >= 15 is 0 Å². The number of amides is 1. The highest BCUT2D eigenvalue weighted by atomic mass is 32.1. The number of nitrogens with two attached hydrogens (primary N) is 1. The van der Waals surface area contributed by atoms with Crippen LogP contribution < -0.4 is 11.5 Å². The van der Waals surface area contributed by atoms with Gasteiger partial charge in [-0.15, -0.1) is 11.3 Å². The number of hydrogen-bond donors (Lipinski definition) is 2. The first-order chi connectivity index (χ1) is 5.11. The number of carbonyl (C=O) groups is 1. The number of aliphatic hydroxyl groups is 1. The number of aromatic nitrogens is 1. The molecule has 59 valence electrons. The van der Waals surface area contributed by atoms with Crippen molar-refractivity contribution in [1.82, 2.24) is 10.7 Å². The van der Waals surface area contributed by atoms with E-state index in [2.05, 4.69) is 4.98 Å². The van der Waals surface area contributed by atoms with Crippen LogP contribution in [0, 0.1) is 0 Å². The molecule has 1 heterocycles. The molecule has 11 heavy (non-hydrogen) atoms. The van der Waals surface area contributed by atoms with Crippen LogP contribution in [0.15, 0.2) is 5.38 Å². The number of nitrogen functional groups attached to an aromatic ring is 1. The van der Waals surface area contributed by atoms with Crippen LogP contribution in [-0.4, -0.2) is 16.0 Å². The maximum atomic E-state index is 10.3. The molecule has 0 fully saturated rings. The number of hydrogen-bond acceptors (Lipinski definition) is 5. The van der Waals surface area contributed by atoms with E-state index in [9.17, 15) is 4.79 Å². The predicted octanol–water partition coefficient (Wildman–Crippen LogP) is -0.432. The number of aliphatic hydroxyl groups excluding tert-OH is 1. The van der Waals surface area contributed by atoms with Gasteiger partial charge in [0, 0.05) is 5.38 Å². The van der Waals surface area contributed by atoms with Gasteiger partial charge in [-0.3, -0.25) is 10.5 Å². The number of thiazole rings is 1. The first-order valence-corrected chi connectivity index (χ1v) is 3.63. The Labute approximate surface area is 66.7 Å². The first-order valence-electron chi connectivity index (χ1n) is 2.75. The largest absolute Gasteiger partial charge is 0.377 e. The van der Waals surface area contributed by atoms with E-state index in [4.69, 9.17) is 16.6 Å². The van der Waals surface area contributed by atoms with Crippen LogP contribution in [0.3, 0.4) is 0 Å². The van der Waals surface area contributed by atoms with Crippen LogP contribution in [0.5, 0.6) is 0 Å². The summed E-state index contributed by atoms with van der Waals surface area (Å²) in [5.74, 6) is -1.07. The van der Waals surface area contributed by atoms with E-state index < -0.39 is 12.0 Å². The highest BCUT2D eigenvalue weighted by Crippen LogP contribution is 2.17. The number of carbonyl (C=O) groups excluding carboxylic acids is 1. The fraction of sp³-hybridized carbons (Fsp3) is 0.200. The number of anilines is 1. The molecule has 1 aromatic rings. The fourth-order valence-electron chi connectivity index (χ4n) is 0.561. The predicted molar refractivity (Wildman–Crippen MR) is 39.6 cm³/mol. The van der Waals surface area contributed by atoms with Crippen LogP contribution in [0.4, 0.5) is 5.13 Å². The quantitative estimate of drug-likeness (QED) is 0.632. The van der Waals surface area contributed by atoms with Gasteiger partial charge < -0.3 is 10.8 Å². The first kappa shape index (κ1) is 7.96. The van der Waals surface area contributed by atoms with Crippen molar-refractivity contribution in [3.8, 4) is 0 Å². The molecule has 1 rings (SSSR count). The zero-order valence-electron chi connectivity index (χ0n) is 5.44. The molecule has 0 aliphatic rings. The van der Waals surface area contributed by atoms with Gasteiger partial charge in [0.2, 0.25) is 0 Å². The summed E-state index contributed by atoms with van der Waals surface area (Å²) in [6.07, 6.45) is -1.46. The standard InChI is InChI=1S/C5H6N3O2S/c6-4(10)3(9)2-1-11-5(7)8-2/h1,3,6,9H,(H2,7,8). The molecule has 0 aliphatic carbocycles. The van der Waals surface area contributed by atoms with E-state index in [1.54, 1.807) is 0 Å². The molecule has 1 radical (unpaired) electrons. The summed E-state index contributed by atoms with van der Waals surface area (Å²) < 4.78 is 0. The molecule has 1 unspecified atom stereocenters. The van der Waals surface area contributed by atoms with E-state index in [0.29, 0.717) is 0 Å². The van der Waals surface area contributed by atoms with Crippen molar-refractivity contribution in [2.24, 2.45) is 0 Å². The molecule has 0 saturated carbocycles. The minimum absolute atomic E-state index is 0.146. The van der Waals surface area contributed by atoms with Crippen molar-refractivity contribution >= 4 is 22.4 Å². The third kappa shape index (κ3) is 1.66. The molecule has 0 saturated heterocycles. The van der Waals surface area contributed by atoms with Crippen molar-refractivity contribution in [3.05, 3.63) is 11.1 Å². The number of nitrogens with zero attached hydrogens (tertiary/aromatic N) is 1. The highest BCUT2D eigenvalue weighted by molar-refractivity contribution is 7.13. The Morgan fingerprint density at radius 3 is 2.91 bits per heavy atom. The Balaban J connectivity index is 2.84. The topological polar surface area (TPSA) is 100 Å². The molecule has 4 N–H and O–H groups in total. The molecule has 1 amide bonds. The minimum Gasteiger partial charge on any atom is -0.377 e. The van der Waals surface area contributed by atoms with Crippen molar-refractivity contribution < 1.29 is 9.90 Å². The Morgan fingerprint density at radius 1 is 1.91 bits per heavy atom. The van der Waals surface area contributed by atoms with Crippen molar-refractivity contribution in [1.29, 1.82) is 0 Å². The number of nitrogens with one attached hydrogen (secondary N) is 1. The molecule has 0 bridgehead atoms. The van der Waals surface area contributed by atoms with Crippen LogP contribution >= 0.6 is 11.3 Å². The third-order valence-corrected chi connectivity index (χ3v) is 1.76. The van der Waals surface area contributed by atoms with Crippen molar-refractivity contribution in [2.45, 2.75) is 6.10 Å². The molecular weight excluding hydrogens is 166 g/mol. The van der Waals surface area contributed by atoms with Crippen LogP contribution in [0.2, 0.25) is 0 Å². The van der Waals surface area contributed by atoms with Gasteiger partial charge in [0.15, 0.2) is 11.2 Å². The van der Waals surface area contributed by atoms with E-state index in [0.717, 1.165) is 11.3 Å². The summed E-state index contributed by atoms with van der Waals surface area (Å²) in [6.45, 7) is 0. The summed E-state index contributed by atoms with van der Waals surface area (Å²) in [5, 5.41) is 10.7. The second-order valence-corrected chi connectivity index (χ2v) is 2.77. The molecular formula is C5H6N3O2S. The molecule has 0 spiro atoms. The molecule has 0 aliphatic heterocycles. The normalized spacial score (nSPS) is 12.8. The summed E-state index contributed by atoms with van der Waals surface area (Å²) in [6, 6.07) is 0. The van der Waals surface area contributed by atoms with Gasteiger partial charge in [-0.2, -0.15) is 0 Å². The van der Waals surface area contributed by atoms with Crippen LogP contribution in [0.25, 0.3) is 0 Å². The van der Waals surface area contributed by atoms with Gasteiger partial charge >= 0.3 is 0 Å².